The fraction of sp³-hybridized carbons (Fsp3) is 0.762. The van der Waals surface area contributed by atoms with E-state index in [9.17, 15) is 29.7 Å². The van der Waals surface area contributed by atoms with Gasteiger partial charge in [-0.3, -0.25) is 4.48 Å². The third kappa shape index (κ3) is 7.62. The first-order valence-electron chi connectivity index (χ1n) is 10.3. The quantitative estimate of drug-likeness (QED) is 0.234. The van der Waals surface area contributed by atoms with Crippen molar-refractivity contribution in [2.45, 2.75) is 97.2 Å². The molecule has 0 saturated heterocycles. The molecule has 162 valence electrons. The Bertz CT molecular complexity index is 481. The van der Waals surface area contributed by atoms with Crippen LogP contribution < -0.4 is 5.11 Å². The number of unbranched alkanes of at least 4 members (excludes halogenated alkanes) is 6. The molecule has 0 fully saturated rings. The van der Waals surface area contributed by atoms with Crippen molar-refractivity contribution < 1.29 is 34.2 Å². The first-order chi connectivity index (χ1) is 13.1. The third-order valence-corrected chi connectivity index (χ3v) is 5.76. The molecule has 28 heavy (non-hydrogen) atoms. The molecule has 7 heteroatoms. The summed E-state index contributed by atoms with van der Waals surface area (Å²) in [5.74, 6) is -3.85. The van der Waals surface area contributed by atoms with Gasteiger partial charge in [-0.2, -0.15) is 0 Å². The Balaban J connectivity index is 4.97. The summed E-state index contributed by atoms with van der Waals surface area (Å²) < 4.78 is -0.549. The van der Waals surface area contributed by atoms with Crippen LogP contribution in [0.15, 0.2) is 12.2 Å². The van der Waals surface area contributed by atoms with Crippen molar-refractivity contribution in [3.05, 3.63) is 12.2 Å². The first-order valence-corrected chi connectivity index (χ1v) is 10.3. The second kappa shape index (κ2) is 13.3. The van der Waals surface area contributed by atoms with Crippen molar-refractivity contribution in [3.8, 4) is 0 Å². The van der Waals surface area contributed by atoms with Gasteiger partial charge in [-0.05, 0) is 52.9 Å². The molecule has 2 N–H and O–H groups in total. The van der Waals surface area contributed by atoms with E-state index in [0.717, 1.165) is 44.9 Å². The smallest absolute Gasteiger partial charge is 0.362 e. The molecule has 0 aromatic carbocycles. The van der Waals surface area contributed by atoms with Crippen LogP contribution in [-0.2, 0) is 14.4 Å². The van der Waals surface area contributed by atoms with Gasteiger partial charge in [0.1, 0.15) is 6.04 Å². The Morgan fingerprint density at radius 2 is 1.29 bits per heavy atom. The van der Waals surface area contributed by atoms with Gasteiger partial charge in [-0.1, -0.05) is 38.3 Å². The second-order valence-corrected chi connectivity index (χ2v) is 7.56. The van der Waals surface area contributed by atoms with E-state index in [1.165, 1.54) is 20.8 Å². The molecule has 0 aliphatic rings. The molecule has 0 aliphatic carbocycles. The minimum absolute atomic E-state index is 0.173. The van der Waals surface area contributed by atoms with Crippen LogP contribution in [0.1, 0.15) is 79.1 Å². The van der Waals surface area contributed by atoms with Gasteiger partial charge in [-0.25, -0.2) is 9.59 Å². The molecule has 0 spiro atoms. The molecule has 3 unspecified atom stereocenters. The number of hydrogen-bond donors (Lipinski definition) is 2. The van der Waals surface area contributed by atoms with Gasteiger partial charge < -0.3 is 20.1 Å². The molecule has 0 saturated carbocycles. The van der Waals surface area contributed by atoms with Crippen LogP contribution in [0.3, 0.4) is 0 Å². The van der Waals surface area contributed by atoms with Crippen LogP contribution >= 0.6 is 0 Å². The fourth-order valence-electron chi connectivity index (χ4n) is 3.78. The first kappa shape index (κ1) is 26.1. The lowest BCUT2D eigenvalue weighted by molar-refractivity contribution is -0.969. The number of aliphatic carboxylic acids is 3. The number of carbonyl (C=O) groups is 3. The van der Waals surface area contributed by atoms with E-state index in [0.29, 0.717) is 6.42 Å². The normalized spacial score (nSPS) is 17.0. The minimum Gasteiger partial charge on any atom is -0.544 e. The predicted octanol–water partition coefficient (Wildman–Crippen LogP) is 2.58. The standard InChI is InChI=1S/C21H37NO6/c1-5-6-7-8-9-10-11-12-13-14-15-22(16(2)19(23)24,17(3)20(25)26)18(4)21(27)28/h7-8,16-18H,5-6,9-15H2,1-4H3,(H2-,23,24,25,26,27,28)/b8-7+. The van der Waals surface area contributed by atoms with Gasteiger partial charge in [0.15, 0.2) is 12.1 Å². The summed E-state index contributed by atoms with van der Waals surface area (Å²) in [5, 5.41) is 30.6. The van der Waals surface area contributed by atoms with Gasteiger partial charge in [0.2, 0.25) is 0 Å². The van der Waals surface area contributed by atoms with E-state index >= 15 is 0 Å². The van der Waals surface area contributed by atoms with Gasteiger partial charge in [0.25, 0.3) is 0 Å². The highest BCUT2D eigenvalue weighted by Crippen LogP contribution is 2.27. The summed E-state index contributed by atoms with van der Waals surface area (Å²) in [6.45, 7) is 6.41. The van der Waals surface area contributed by atoms with Crippen LogP contribution in [0, 0.1) is 0 Å². The molecular weight excluding hydrogens is 362 g/mol. The molecule has 0 rings (SSSR count). The topological polar surface area (TPSA) is 115 Å². The number of carboxylic acid groups (broad SMARTS) is 3. The van der Waals surface area contributed by atoms with Crippen LogP contribution in [0.4, 0.5) is 0 Å². The largest absolute Gasteiger partial charge is 0.544 e. The number of carbonyl (C=O) groups excluding carboxylic acids is 1. The van der Waals surface area contributed by atoms with E-state index in [1.54, 1.807) is 0 Å². The summed E-state index contributed by atoms with van der Waals surface area (Å²) in [6, 6.07) is -3.56. The van der Waals surface area contributed by atoms with Crippen molar-refractivity contribution >= 4 is 17.9 Å². The summed E-state index contributed by atoms with van der Waals surface area (Å²) in [4.78, 5) is 34.9. The van der Waals surface area contributed by atoms with Gasteiger partial charge in [-0.15, -0.1) is 0 Å². The zero-order valence-electron chi connectivity index (χ0n) is 17.7. The number of carboxylic acids is 3. The van der Waals surface area contributed by atoms with Crippen molar-refractivity contribution in [1.29, 1.82) is 0 Å². The molecule has 0 radical (unpaired) electrons. The molecule has 0 bridgehead atoms. The monoisotopic (exact) mass is 399 g/mol. The Hall–Kier alpha value is -1.89. The molecular formula is C21H37NO6. The van der Waals surface area contributed by atoms with Crippen molar-refractivity contribution in [3.63, 3.8) is 0 Å². The summed E-state index contributed by atoms with van der Waals surface area (Å²) >= 11 is 0. The van der Waals surface area contributed by atoms with Crippen molar-refractivity contribution in [1.82, 2.24) is 0 Å². The third-order valence-electron chi connectivity index (χ3n) is 5.76. The van der Waals surface area contributed by atoms with Gasteiger partial charge in [0.05, 0.1) is 12.5 Å². The zero-order valence-corrected chi connectivity index (χ0v) is 17.7. The highest BCUT2D eigenvalue weighted by molar-refractivity contribution is 5.76. The number of hydrogen-bond acceptors (Lipinski definition) is 4. The van der Waals surface area contributed by atoms with Crippen LogP contribution in [0.2, 0.25) is 0 Å². The number of rotatable bonds is 16. The molecule has 3 atom stereocenters. The lowest BCUT2D eigenvalue weighted by Gasteiger charge is -2.49. The van der Waals surface area contributed by atoms with E-state index in [4.69, 9.17) is 0 Å². The van der Waals surface area contributed by atoms with E-state index < -0.39 is 40.5 Å². The van der Waals surface area contributed by atoms with E-state index in [1.807, 2.05) is 0 Å². The van der Waals surface area contributed by atoms with E-state index in [2.05, 4.69) is 19.1 Å². The van der Waals surface area contributed by atoms with Gasteiger partial charge in [0, 0.05) is 0 Å². The molecule has 0 heterocycles. The molecule has 0 amide bonds. The summed E-state index contributed by atoms with van der Waals surface area (Å²) in [6.07, 6.45) is 12.1. The fourth-order valence-corrected chi connectivity index (χ4v) is 3.78. The van der Waals surface area contributed by atoms with Crippen molar-refractivity contribution in [2.75, 3.05) is 6.54 Å². The maximum Gasteiger partial charge on any atom is 0.362 e. The molecule has 0 aromatic heterocycles. The van der Waals surface area contributed by atoms with E-state index in [-0.39, 0.29) is 6.54 Å². The second-order valence-electron chi connectivity index (χ2n) is 7.56. The summed E-state index contributed by atoms with van der Waals surface area (Å²) in [7, 11) is 0. The van der Waals surface area contributed by atoms with Crippen LogP contribution in [-0.4, -0.2) is 57.3 Å². The Kier molecular flexibility index (Phi) is 12.4. The average molecular weight is 400 g/mol. The van der Waals surface area contributed by atoms with Crippen LogP contribution in [0.5, 0.6) is 0 Å². The maximum atomic E-state index is 11.7. The minimum atomic E-state index is -1.43. The lowest BCUT2D eigenvalue weighted by Crippen LogP contribution is -2.72. The maximum absolute atomic E-state index is 11.7. The lowest BCUT2D eigenvalue weighted by atomic mass is 10.00. The molecule has 7 nitrogen and oxygen atoms in total. The molecule has 0 aromatic rings. The Morgan fingerprint density at radius 3 is 1.75 bits per heavy atom. The summed E-state index contributed by atoms with van der Waals surface area (Å²) in [5.41, 5.74) is 0. The molecule has 0 aliphatic heterocycles. The number of nitrogens with zero attached hydrogens (tertiary/aromatic N) is 1. The average Bonchev–Trinajstić information content (AvgIpc) is 2.64. The number of quaternary nitrogens is 1. The van der Waals surface area contributed by atoms with Crippen molar-refractivity contribution in [2.24, 2.45) is 0 Å². The number of allylic oxidation sites excluding steroid dienone is 2. The Morgan fingerprint density at radius 1 is 0.821 bits per heavy atom. The Labute approximate surface area is 168 Å². The van der Waals surface area contributed by atoms with Gasteiger partial charge >= 0.3 is 11.9 Å². The zero-order chi connectivity index (χ0) is 21.7. The van der Waals surface area contributed by atoms with Crippen LogP contribution in [0.25, 0.3) is 0 Å². The highest BCUT2D eigenvalue weighted by Gasteiger charge is 2.50. The SMILES string of the molecule is CCC/C=C/CCCCCCC[N+](C(C)C(=O)[O-])(C(C)C(=O)O)C(C)C(=O)O. The highest BCUT2D eigenvalue weighted by atomic mass is 16.4. The predicted molar refractivity (Wildman–Crippen MR) is 106 cm³/mol.